The average Bonchev–Trinajstić information content (AvgIpc) is 3.21. The Labute approximate surface area is 184 Å². The van der Waals surface area contributed by atoms with Gasteiger partial charge in [-0.1, -0.05) is 16.7 Å². The van der Waals surface area contributed by atoms with Crippen LogP contribution in [0.2, 0.25) is 5.02 Å². The first-order chi connectivity index (χ1) is 15.2. The molecule has 0 aliphatic carbocycles. The summed E-state index contributed by atoms with van der Waals surface area (Å²) in [6.45, 7) is -0.994. The Hall–Kier alpha value is -2.64. The molecule has 0 unspecified atom stereocenters. The Balaban J connectivity index is 1.36. The summed E-state index contributed by atoms with van der Waals surface area (Å²) in [5, 5.41) is 13.3. The van der Waals surface area contributed by atoms with Crippen LogP contribution in [0.4, 0.5) is 17.6 Å². The quantitative estimate of drug-likeness (QED) is 0.415. The molecule has 1 amide bonds. The third-order valence-electron chi connectivity index (χ3n) is 4.34. The predicted octanol–water partition coefficient (Wildman–Crippen LogP) is 2.77. The van der Waals surface area contributed by atoms with Gasteiger partial charge in [0.25, 0.3) is 5.91 Å². The summed E-state index contributed by atoms with van der Waals surface area (Å²) >= 11 is 5.59. The van der Waals surface area contributed by atoms with Crippen LogP contribution in [0.1, 0.15) is 24.8 Å². The van der Waals surface area contributed by atoms with Crippen LogP contribution in [0.3, 0.4) is 0 Å². The van der Waals surface area contributed by atoms with Crippen LogP contribution in [0.25, 0.3) is 0 Å². The molecule has 0 spiro atoms. The molecule has 1 aliphatic rings. The maximum atomic E-state index is 13.4. The van der Waals surface area contributed by atoms with Crippen LogP contribution < -0.4 is 20.1 Å². The van der Waals surface area contributed by atoms with E-state index in [2.05, 4.69) is 25.6 Å². The molecule has 0 saturated carbocycles. The van der Waals surface area contributed by atoms with Crippen LogP contribution in [0.5, 0.6) is 11.8 Å². The van der Waals surface area contributed by atoms with Crippen LogP contribution in [-0.4, -0.2) is 54.9 Å². The fourth-order valence-corrected chi connectivity index (χ4v) is 3.00. The summed E-state index contributed by atoms with van der Waals surface area (Å²) in [4.78, 5) is 12.1. The zero-order valence-electron chi connectivity index (χ0n) is 16.5. The summed E-state index contributed by atoms with van der Waals surface area (Å²) in [6, 6.07) is 3.40. The number of piperidine rings is 1. The molecular formula is C18H19ClF4N4O5. The monoisotopic (exact) mass is 482 g/mol. The van der Waals surface area contributed by atoms with E-state index < -0.39 is 25.4 Å². The van der Waals surface area contributed by atoms with Crippen LogP contribution >= 0.6 is 11.6 Å². The molecule has 9 nitrogen and oxygen atoms in total. The molecule has 2 N–H and O–H groups in total. The Morgan fingerprint density at radius 1 is 1.25 bits per heavy atom. The number of carbonyl (C=O) groups excluding carboxylic acids is 1. The third kappa shape index (κ3) is 7.50. The summed E-state index contributed by atoms with van der Waals surface area (Å²) in [7, 11) is 0. The van der Waals surface area contributed by atoms with E-state index in [-0.39, 0.29) is 47.3 Å². The maximum Gasteiger partial charge on any atom is 0.522 e. The van der Waals surface area contributed by atoms with Gasteiger partial charge in [0.1, 0.15) is 18.2 Å². The molecule has 1 aromatic heterocycles. The van der Waals surface area contributed by atoms with Crippen molar-refractivity contribution >= 4 is 17.5 Å². The number of rotatable bonds is 9. The van der Waals surface area contributed by atoms with Crippen molar-refractivity contribution in [3.8, 4) is 11.8 Å². The molecule has 0 bridgehead atoms. The standard InChI is InChI=1S/C18H19ClF4N4O5/c19-12-3-2-11(7-13(12)20)30-9-15(28)25-10-1-4-14(24-8-10)16-26-27-17(32-16)29-5-6-31-18(21,22)23/h2-3,7,10,14,24H,1,4-6,8-9H2,(H,25,28)/t10-,14+/m1/s1. The Bertz CT molecular complexity index is 906. The first-order valence-electron chi connectivity index (χ1n) is 9.47. The molecule has 1 fully saturated rings. The molecule has 14 heteroatoms. The lowest BCUT2D eigenvalue weighted by atomic mass is 10.0. The number of alkyl halides is 3. The van der Waals surface area contributed by atoms with E-state index in [1.165, 1.54) is 12.1 Å². The lowest BCUT2D eigenvalue weighted by Gasteiger charge is -2.28. The number of aromatic nitrogens is 2. The van der Waals surface area contributed by atoms with E-state index in [0.29, 0.717) is 19.4 Å². The highest BCUT2D eigenvalue weighted by molar-refractivity contribution is 6.30. The van der Waals surface area contributed by atoms with Gasteiger partial charge in [-0.15, -0.1) is 18.3 Å². The molecule has 176 valence electrons. The lowest BCUT2D eigenvalue weighted by Crippen LogP contribution is -2.48. The summed E-state index contributed by atoms with van der Waals surface area (Å²) in [5.74, 6) is -0.616. The van der Waals surface area contributed by atoms with Crippen molar-refractivity contribution < 1.29 is 41.0 Å². The number of ether oxygens (including phenoxy) is 3. The molecule has 1 saturated heterocycles. The van der Waals surface area contributed by atoms with Gasteiger partial charge < -0.3 is 24.5 Å². The van der Waals surface area contributed by atoms with Crippen LogP contribution in [-0.2, 0) is 9.53 Å². The zero-order chi connectivity index (χ0) is 23.1. The molecule has 2 atom stereocenters. The van der Waals surface area contributed by atoms with Crippen LogP contribution in [0, 0.1) is 5.82 Å². The Kier molecular flexibility index (Phi) is 8.10. The van der Waals surface area contributed by atoms with Crippen molar-refractivity contribution in [3.63, 3.8) is 0 Å². The molecule has 2 aromatic rings. The van der Waals surface area contributed by atoms with Crippen molar-refractivity contribution in [2.75, 3.05) is 26.4 Å². The highest BCUT2D eigenvalue weighted by Gasteiger charge is 2.29. The smallest absolute Gasteiger partial charge is 0.484 e. The first-order valence-corrected chi connectivity index (χ1v) is 9.85. The van der Waals surface area contributed by atoms with Crippen molar-refractivity contribution in [1.82, 2.24) is 20.8 Å². The van der Waals surface area contributed by atoms with Gasteiger partial charge in [0.2, 0.25) is 5.89 Å². The van der Waals surface area contributed by atoms with E-state index >= 15 is 0 Å². The maximum absolute atomic E-state index is 13.4. The minimum atomic E-state index is -4.73. The van der Waals surface area contributed by atoms with E-state index in [1.54, 1.807) is 0 Å². The molecule has 0 radical (unpaired) electrons. The summed E-state index contributed by atoms with van der Waals surface area (Å²) < 4.78 is 68.1. The van der Waals surface area contributed by atoms with Gasteiger partial charge in [0.15, 0.2) is 6.61 Å². The van der Waals surface area contributed by atoms with E-state index in [1.807, 2.05) is 0 Å². The van der Waals surface area contributed by atoms with Crippen molar-refractivity contribution in [1.29, 1.82) is 0 Å². The number of halogens is 5. The topological polar surface area (TPSA) is 108 Å². The highest BCUT2D eigenvalue weighted by Crippen LogP contribution is 2.24. The molecule has 1 aliphatic heterocycles. The fourth-order valence-electron chi connectivity index (χ4n) is 2.88. The number of hydrogen-bond acceptors (Lipinski definition) is 8. The van der Waals surface area contributed by atoms with Gasteiger partial charge in [-0.05, 0) is 25.0 Å². The zero-order valence-corrected chi connectivity index (χ0v) is 17.2. The van der Waals surface area contributed by atoms with Gasteiger partial charge in [0, 0.05) is 18.7 Å². The Morgan fingerprint density at radius 2 is 2.06 bits per heavy atom. The third-order valence-corrected chi connectivity index (χ3v) is 4.64. The van der Waals surface area contributed by atoms with Crippen molar-refractivity contribution in [2.45, 2.75) is 31.3 Å². The number of benzene rings is 1. The molecular weight excluding hydrogens is 464 g/mol. The average molecular weight is 483 g/mol. The molecule has 32 heavy (non-hydrogen) atoms. The minimum Gasteiger partial charge on any atom is -0.484 e. The van der Waals surface area contributed by atoms with E-state index in [9.17, 15) is 22.4 Å². The van der Waals surface area contributed by atoms with Gasteiger partial charge in [-0.2, -0.15) is 0 Å². The highest BCUT2D eigenvalue weighted by atomic mass is 35.5. The van der Waals surface area contributed by atoms with E-state index in [0.717, 1.165) is 6.07 Å². The SMILES string of the molecule is O=C(COc1ccc(Cl)c(F)c1)N[C@@H]1CC[C@@H](c2nnc(OCCOC(F)(F)F)o2)NC1. The Morgan fingerprint density at radius 3 is 2.75 bits per heavy atom. The number of carbonyl (C=O) groups is 1. The number of nitrogens with one attached hydrogen (secondary N) is 2. The van der Waals surface area contributed by atoms with Gasteiger partial charge in [-0.25, -0.2) is 4.39 Å². The van der Waals surface area contributed by atoms with Crippen molar-refractivity contribution in [2.24, 2.45) is 0 Å². The van der Waals surface area contributed by atoms with Gasteiger partial charge in [0.05, 0.1) is 17.7 Å². The lowest BCUT2D eigenvalue weighted by molar-refractivity contribution is -0.325. The fraction of sp³-hybridized carbons (Fsp3) is 0.500. The summed E-state index contributed by atoms with van der Waals surface area (Å²) in [6.07, 6.45) is -3.86. The number of amides is 1. The normalized spacial score (nSPS) is 18.9. The number of nitrogens with zero attached hydrogens (tertiary/aromatic N) is 2. The molecule has 1 aromatic carbocycles. The predicted molar refractivity (Wildman–Crippen MR) is 101 cm³/mol. The second-order valence-corrected chi connectivity index (χ2v) is 7.12. The minimum absolute atomic E-state index is 0.0416. The summed E-state index contributed by atoms with van der Waals surface area (Å²) in [5.41, 5.74) is 0. The second kappa shape index (κ2) is 10.8. The van der Waals surface area contributed by atoms with Gasteiger partial charge >= 0.3 is 12.4 Å². The largest absolute Gasteiger partial charge is 0.522 e. The molecule has 3 rings (SSSR count). The first kappa shape index (κ1) is 24.0. The van der Waals surface area contributed by atoms with Crippen LogP contribution in [0.15, 0.2) is 22.6 Å². The van der Waals surface area contributed by atoms with E-state index in [4.69, 9.17) is 25.5 Å². The van der Waals surface area contributed by atoms with Crippen molar-refractivity contribution in [3.05, 3.63) is 34.9 Å². The number of hydrogen-bond donors (Lipinski definition) is 2. The molecule has 2 heterocycles. The van der Waals surface area contributed by atoms with Gasteiger partial charge in [-0.3, -0.25) is 9.53 Å². The second-order valence-electron chi connectivity index (χ2n) is 6.72.